The van der Waals surface area contributed by atoms with Crippen molar-refractivity contribution in [1.82, 2.24) is 0 Å². The lowest BCUT2D eigenvalue weighted by Crippen LogP contribution is -1.98. The van der Waals surface area contributed by atoms with Crippen molar-refractivity contribution >= 4 is 22.2 Å². The monoisotopic (exact) mass is 489 g/mol. The Kier molecular flexibility index (Phi) is 6.21. The number of anilines is 1. The predicted octanol–water partition coefficient (Wildman–Crippen LogP) is 9.47. The zero-order valence-corrected chi connectivity index (χ0v) is 21.0. The molecule has 0 atom stereocenters. The van der Waals surface area contributed by atoms with Gasteiger partial charge in [0.05, 0.1) is 5.69 Å². The van der Waals surface area contributed by atoms with Crippen LogP contribution in [0.2, 0.25) is 0 Å². The molecule has 6 aromatic rings. The third kappa shape index (κ3) is 4.56. The highest BCUT2D eigenvalue weighted by Gasteiger charge is 2.12. The second kappa shape index (κ2) is 10.1. The maximum Gasteiger partial charge on any atom is 0.150 e. The number of benzene rings is 6. The highest BCUT2D eigenvalue weighted by atomic mass is 16.5. The maximum atomic E-state index is 6.08. The average Bonchev–Trinajstić information content (AvgIpc) is 2.98. The van der Waals surface area contributed by atoms with E-state index in [4.69, 9.17) is 10.5 Å². The van der Waals surface area contributed by atoms with Crippen LogP contribution >= 0.6 is 0 Å². The van der Waals surface area contributed by atoms with Gasteiger partial charge in [-0.15, -0.1) is 0 Å². The molecule has 0 spiro atoms. The van der Waals surface area contributed by atoms with Crippen LogP contribution in [0, 0.1) is 0 Å². The minimum Gasteiger partial charge on any atom is -0.455 e. The number of nitrogens with two attached hydrogens (primary N) is 1. The number of rotatable bonds is 6. The van der Waals surface area contributed by atoms with Crippen LogP contribution in [0.5, 0.6) is 5.75 Å². The molecule has 0 saturated carbocycles. The first-order chi connectivity index (χ1) is 18.7. The summed E-state index contributed by atoms with van der Waals surface area (Å²) in [5.74, 6) is 1.18. The van der Waals surface area contributed by atoms with Gasteiger partial charge >= 0.3 is 0 Å². The lowest BCUT2D eigenvalue weighted by Gasteiger charge is -2.15. The number of fused-ring (bicyclic) bond motifs is 1. The van der Waals surface area contributed by atoms with Gasteiger partial charge < -0.3 is 10.5 Å². The van der Waals surface area contributed by atoms with Gasteiger partial charge in [0, 0.05) is 5.56 Å². The van der Waals surface area contributed by atoms with Crippen molar-refractivity contribution < 1.29 is 4.74 Å². The Hall–Kier alpha value is -5.08. The van der Waals surface area contributed by atoms with E-state index in [0.29, 0.717) is 17.2 Å². The molecule has 0 aromatic heterocycles. The molecule has 2 N–H and O–H groups in total. The number of para-hydroxylation sites is 2. The largest absolute Gasteiger partial charge is 0.455 e. The third-order valence-electron chi connectivity index (χ3n) is 6.90. The summed E-state index contributed by atoms with van der Waals surface area (Å²) in [6.45, 7) is 4.21. The molecule has 0 bridgehead atoms. The molecule has 0 amide bonds. The second-order valence-corrected chi connectivity index (χ2v) is 9.29. The van der Waals surface area contributed by atoms with E-state index in [1.54, 1.807) is 0 Å². The van der Waals surface area contributed by atoms with Crippen molar-refractivity contribution in [1.29, 1.82) is 0 Å². The summed E-state index contributed by atoms with van der Waals surface area (Å²) in [7, 11) is 0. The van der Waals surface area contributed by atoms with Crippen molar-refractivity contribution in [3.8, 4) is 39.1 Å². The van der Waals surface area contributed by atoms with E-state index in [1.807, 2.05) is 36.4 Å². The Morgan fingerprint density at radius 3 is 1.61 bits per heavy atom. The van der Waals surface area contributed by atoms with Crippen LogP contribution in [-0.2, 0) is 0 Å². The zero-order valence-electron chi connectivity index (χ0n) is 21.0. The van der Waals surface area contributed by atoms with Gasteiger partial charge in [0.1, 0.15) is 11.5 Å². The minimum absolute atomic E-state index is 0.569. The van der Waals surface area contributed by atoms with E-state index in [2.05, 4.69) is 110 Å². The third-order valence-corrected chi connectivity index (χ3v) is 6.90. The fourth-order valence-corrected chi connectivity index (χ4v) is 4.88. The van der Waals surface area contributed by atoms with Gasteiger partial charge in [0.15, 0.2) is 0 Å². The van der Waals surface area contributed by atoms with Crippen molar-refractivity contribution in [2.45, 2.75) is 0 Å². The van der Waals surface area contributed by atoms with E-state index in [9.17, 15) is 0 Å². The lowest BCUT2D eigenvalue weighted by atomic mass is 9.93. The highest BCUT2D eigenvalue weighted by Crippen LogP contribution is 2.36. The van der Waals surface area contributed by atoms with Gasteiger partial charge in [-0.25, -0.2) is 0 Å². The van der Waals surface area contributed by atoms with Crippen LogP contribution < -0.4 is 10.5 Å². The standard InChI is InChI=1S/C36H27NO/c1-25(38-36-14-8-7-13-35(36)37)31-23-24-32(34-12-6-5-11-33(31)34)30-21-19-29(20-22-30)28-17-15-27(16-18-28)26-9-3-2-4-10-26/h2-24H,1,37H2. The summed E-state index contributed by atoms with van der Waals surface area (Å²) in [6.07, 6.45) is 0. The molecule has 6 aromatic carbocycles. The highest BCUT2D eigenvalue weighted by molar-refractivity contribution is 6.02. The van der Waals surface area contributed by atoms with Gasteiger partial charge in [0.25, 0.3) is 0 Å². The zero-order chi connectivity index (χ0) is 25.9. The van der Waals surface area contributed by atoms with E-state index < -0.39 is 0 Å². The topological polar surface area (TPSA) is 35.2 Å². The fraction of sp³-hybridized carbons (Fsp3) is 0. The van der Waals surface area contributed by atoms with Crippen LogP contribution in [0.25, 0.3) is 49.9 Å². The van der Waals surface area contributed by atoms with Crippen LogP contribution in [0.1, 0.15) is 5.56 Å². The van der Waals surface area contributed by atoms with Crippen molar-refractivity contribution in [2.24, 2.45) is 0 Å². The van der Waals surface area contributed by atoms with E-state index in [-0.39, 0.29) is 0 Å². The Labute approximate surface area is 223 Å². The van der Waals surface area contributed by atoms with E-state index >= 15 is 0 Å². The molecule has 2 nitrogen and oxygen atoms in total. The summed E-state index contributed by atoms with van der Waals surface area (Å²) in [6, 6.07) is 48.0. The Balaban J connectivity index is 1.29. The van der Waals surface area contributed by atoms with Crippen molar-refractivity contribution in [2.75, 3.05) is 5.73 Å². The maximum absolute atomic E-state index is 6.08. The van der Waals surface area contributed by atoms with Crippen LogP contribution in [0.3, 0.4) is 0 Å². The fourth-order valence-electron chi connectivity index (χ4n) is 4.88. The van der Waals surface area contributed by atoms with Crippen LogP contribution in [0.4, 0.5) is 5.69 Å². The molecule has 2 heteroatoms. The summed E-state index contributed by atoms with van der Waals surface area (Å²) in [5.41, 5.74) is 14.8. The van der Waals surface area contributed by atoms with E-state index in [0.717, 1.165) is 21.9 Å². The molecule has 38 heavy (non-hydrogen) atoms. The Bertz CT molecular complexity index is 1730. The normalized spacial score (nSPS) is 10.8. The molecule has 0 heterocycles. The molecule has 0 saturated heterocycles. The number of hydrogen-bond acceptors (Lipinski definition) is 2. The SMILES string of the molecule is C=C(Oc1ccccc1N)c1ccc(-c2ccc(-c3ccc(-c4ccccc4)cc3)cc2)c2ccccc12. The Morgan fingerprint density at radius 1 is 0.474 bits per heavy atom. The first-order valence-electron chi connectivity index (χ1n) is 12.7. The Morgan fingerprint density at radius 2 is 0.974 bits per heavy atom. The number of hydrogen-bond donors (Lipinski definition) is 1. The number of ether oxygens (including phenoxy) is 1. The van der Waals surface area contributed by atoms with Crippen molar-refractivity contribution in [3.63, 3.8) is 0 Å². The van der Waals surface area contributed by atoms with Gasteiger partial charge in [-0.1, -0.05) is 128 Å². The van der Waals surface area contributed by atoms with Gasteiger partial charge in [-0.2, -0.15) is 0 Å². The van der Waals surface area contributed by atoms with Crippen LogP contribution in [-0.4, -0.2) is 0 Å². The molecule has 182 valence electrons. The van der Waals surface area contributed by atoms with Gasteiger partial charge in [0.2, 0.25) is 0 Å². The molecule has 0 radical (unpaired) electrons. The molecule has 0 aliphatic carbocycles. The second-order valence-electron chi connectivity index (χ2n) is 9.29. The smallest absolute Gasteiger partial charge is 0.150 e. The predicted molar refractivity (Wildman–Crippen MR) is 161 cm³/mol. The summed E-state index contributed by atoms with van der Waals surface area (Å²) < 4.78 is 6.07. The summed E-state index contributed by atoms with van der Waals surface area (Å²) in [5, 5.41) is 2.24. The molecule has 0 unspecified atom stereocenters. The first-order valence-corrected chi connectivity index (χ1v) is 12.7. The minimum atomic E-state index is 0.569. The summed E-state index contributed by atoms with van der Waals surface area (Å²) in [4.78, 5) is 0. The van der Waals surface area contributed by atoms with Gasteiger partial charge in [-0.3, -0.25) is 0 Å². The number of nitrogen functional groups attached to an aromatic ring is 1. The first kappa shape index (κ1) is 23.3. The molecule has 6 rings (SSSR count). The molecule has 0 aliphatic rings. The molecule has 0 fully saturated rings. The van der Waals surface area contributed by atoms with Crippen molar-refractivity contribution in [3.05, 3.63) is 152 Å². The average molecular weight is 490 g/mol. The molecular weight excluding hydrogens is 462 g/mol. The quantitative estimate of drug-likeness (QED) is 0.187. The van der Waals surface area contributed by atoms with Gasteiger partial charge in [-0.05, 0) is 62.4 Å². The van der Waals surface area contributed by atoms with E-state index in [1.165, 1.54) is 27.8 Å². The summed E-state index contributed by atoms with van der Waals surface area (Å²) >= 11 is 0. The molecular formula is C36H27NO. The van der Waals surface area contributed by atoms with Crippen LogP contribution in [0.15, 0.2) is 146 Å². The molecule has 0 aliphatic heterocycles. The lowest BCUT2D eigenvalue weighted by molar-refractivity contribution is 0.520.